The molecule has 0 aliphatic rings. The number of benzene rings is 2. The van der Waals surface area contributed by atoms with Gasteiger partial charge in [-0.2, -0.15) is 0 Å². The maximum Gasteiger partial charge on any atom is 0.407 e. The first-order chi connectivity index (χ1) is 20.9. The molecule has 2 unspecified atom stereocenters. The zero-order valence-electron chi connectivity index (χ0n) is 23.5. The molecule has 0 spiro atoms. The average Bonchev–Trinajstić information content (AvgIpc) is 3.43. The van der Waals surface area contributed by atoms with Crippen LogP contribution in [0.15, 0.2) is 60.8 Å². The van der Waals surface area contributed by atoms with Crippen molar-refractivity contribution in [3.05, 3.63) is 82.9 Å². The zero-order valence-corrected chi connectivity index (χ0v) is 24.3. The third-order valence-electron chi connectivity index (χ3n) is 6.08. The van der Waals surface area contributed by atoms with E-state index in [1.807, 2.05) is 0 Å². The highest BCUT2D eigenvalue weighted by molar-refractivity contribution is 6.30. The van der Waals surface area contributed by atoms with E-state index in [-0.39, 0.29) is 29.7 Å². The van der Waals surface area contributed by atoms with Crippen LogP contribution >= 0.6 is 11.6 Å². The molecule has 4 N–H and O–H groups in total. The molecule has 44 heavy (non-hydrogen) atoms. The second-order valence-corrected chi connectivity index (χ2v) is 9.87. The van der Waals surface area contributed by atoms with Crippen LogP contribution in [0, 0.1) is 5.82 Å². The number of halogens is 2. The molecule has 1 aromatic heterocycles. The fraction of sp³-hybridized carbons (Fsp3) is 0.286. The Bertz CT molecular complexity index is 1520. The number of nitrogens with one attached hydrogen (secondary N) is 2. The fourth-order valence-electron chi connectivity index (χ4n) is 3.89. The number of aliphatic hydroxyl groups is 1. The third-order valence-corrected chi connectivity index (χ3v) is 6.32. The lowest BCUT2D eigenvalue weighted by atomic mass is 9.97. The Hall–Kier alpha value is -5.02. The van der Waals surface area contributed by atoms with Gasteiger partial charge in [0.2, 0.25) is 6.79 Å². The normalized spacial score (nSPS) is 12.8. The van der Waals surface area contributed by atoms with Gasteiger partial charge in [-0.25, -0.2) is 18.8 Å². The Morgan fingerprint density at radius 1 is 1.09 bits per heavy atom. The van der Waals surface area contributed by atoms with Gasteiger partial charge in [0.15, 0.2) is 17.8 Å². The Kier molecular flexibility index (Phi) is 11.8. The molecule has 0 bridgehead atoms. The standard InChI is InChI=1S/C28H29ClFN5O9/c1-15(2)24(32-28(40)42-3)27(39)44-14-43-26(38)23(36)12-19(31-25(37)22-13-35(41)34-33-22)10-16-4-6-17(7-5-16)20-11-18(29)8-9-21(20)30/h4-9,11,13,19,23-24,36,41H,1,10,12,14H2,2-3H3,(H,31,37)(H,32,40)/t19?,23?,24-/m0/s1. The second-order valence-electron chi connectivity index (χ2n) is 9.43. The van der Waals surface area contributed by atoms with Crippen molar-refractivity contribution in [3.8, 4) is 11.1 Å². The summed E-state index contributed by atoms with van der Waals surface area (Å²) in [6.45, 7) is 4.14. The molecule has 2 aromatic carbocycles. The van der Waals surface area contributed by atoms with E-state index in [0.717, 1.165) is 13.3 Å². The molecule has 3 atom stereocenters. The molecule has 0 aliphatic heterocycles. The number of carbonyl (C=O) groups excluding carboxylic acids is 4. The van der Waals surface area contributed by atoms with Gasteiger partial charge in [-0.3, -0.25) is 4.79 Å². The number of nitrogens with zero attached hydrogens (tertiary/aromatic N) is 3. The van der Waals surface area contributed by atoms with Crippen molar-refractivity contribution >= 4 is 35.5 Å². The second kappa shape index (κ2) is 15.5. The summed E-state index contributed by atoms with van der Waals surface area (Å²) in [7, 11) is 1.10. The van der Waals surface area contributed by atoms with Crippen LogP contribution in [-0.2, 0) is 30.2 Å². The molecule has 3 rings (SSSR count). The summed E-state index contributed by atoms with van der Waals surface area (Å²) in [6.07, 6.45) is -2.00. The van der Waals surface area contributed by atoms with Crippen molar-refractivity contribution in [2.45, 2.75) is 38.0 Å². The first-order valence-electron chi connectivity index (χ1n) is 12.9. The summed E-state index contributed by atoms with van der Waals surface area (Å²) in [4.78, 5) is 49.2. The van der Waals surface area contributed by atoms with Crippen molar-refractivity contribution in [1.82, 2.24) is 25.8 Å². The predicted octanol–water partition coefficient (Wildman–Crippen LogP) is 2.41. The highest BCUT2D eigenvalue weighted by Crippen LogP contribution is 2.26. The number of hydrogen-bond acceptors (Lipinski definition) is 11. The van der Waals surface area contributed by atoms with Crippen LogP contribution in [0.2, 0.25) is 5.02 Å². The summed E-state index contributed by atoms with van der Waals surface area (Å²) in [5, 5.41) is 31.9. The van der Waals surface area contributed by atoms with Gasteiger partial charge >= 0.3 is 18.0 Å². The van der Waals surface area contributed by atoms with Gasteiger partial charge in [0.25, 0.3) is 5.91 Å². The minimum Gasteiger partial charge on any atom is -0.453 e. The Morgan fingerprint density at radius 2 is 1.77 bits per heavy atom. The number of alkyl carbamates (subject to hydrolysis) is 1. The summed E-state index contributed by atoms with van der Waals surface area (Å²) in [5.41, 5.74) is 1.46. The molecule has 0 saturated carbocycles. The number of carbonyl (C=O) groups is 4. The molecule has 0 fully saturated rings. The van der Waals surface area contributed by atoms with E-state index in [2.05, 4.69) is 32.3 Å². The molecule has 234 valence electrons. The predicted molar refractivity (Wildman–Crippen MR) is 151 cm³/mol. The van der Waals surface area contributed by atoms with E-state index < -0.39 is 54.7 Å². The van der Waals surface area contributed by atoms with Crippen LogP contribution in [-0.4, -0.2) is 81.5 Å². The van der Waals surface area contributed by atoms with E-state index in [9.17, 15) is 33.9 Å². The van der Waals surface area contributed by atoms with E-state index in [4.69, 9.17) is 21.1 Å². The van der Waals surface area contributed by atoms with Crippen molar-refractivity contribution in [2.75, 3.05) is 13.9 Å². The largest absolute Gasteiger partial charge is 0.453 e. The highest BCUT2D eigenvalue weighted by Gasteiger charge is 2.27. The number of ether oxygens (including phenoxy) is 3. The topological polar surface area (TPSA) is 191 Å². The lowest BCUT2D eigenvalue weighted by Gasteiger charge is -2.21. The smallest absolute Gasteiger partial charge is 0.407 e. The number of methoxy groups -OCH3 is 1. The number of aliphatic hydroxyl groups excluding tert-OH is 1. The molecule has 0 radical (unpaired) electrons. The summed E-state index contributed by atoms with van der Waals surface area (Å²) < 4.78 is 28.4. The first-order valence-corrected chi connectivity index (χ1v) is 13.2. The molecule has 1 heterocycles. The first kappa shape index (κ1) is 33.5. The monoisotopic (exact) mass is 633 g/mol. The SMILES string of the molecule is C=C(C)[C@H](NC(=O)OC)C(=O)OCOC(=O)C(O)CC(Cc1ccc(-c2cc(Cl)ccc2F)cc1)NC(=O)c1cn(O)nn1. The minimum atomic E-state index is -1.78. The van der Waals surface area contributed by atoms with E-state index in [0.29, 0.717) is 21.0 Å². The summed E-state index contributed by atoms with van der Waals surface area (Å²) in [5.74, 6) is -3.39. The molecule has 16 heteroatoms. The Morgan fingerprint density at radius 3 is 2.39 bits per heavy atom. The minimum absolute atomic E-state index is 0.0934. The van der Waals surface area contributed by atoms with Crippen molar-refractivity contribution in [3.63, 3.8) is 0 Å². The molecular weight excluding hydrogens is 605 g/mol. The number of amides is 2. The summed E-state index contributed by atoms with van der Waals surface area (Å²) in [6, 6.07) is 8.63. The molecular formula is C28H29ClFN5O9. The van der Waals surface area contributed by atoms with Crippen LogP contribution in [0.4, 0.5) is 9.18 Å². The van der Waals surface area contributed by atoms with Crippen molar-refractivity contribution in [2.24, 2.45) is 0 Å². The van der Waals surface area contributed by atoms with E-state index >= 15 is 0 Å². The van der Waals surface area contributed by atoms with Gasteiger partial charge < -0.3 is 35.2 Å². The number of aromatic nitrogens is 3. The maximum absolute atomic E-state index is 14.3. The molecule has 14 nitrogen and oxygen atoms in total. The number of rotatable bonds is 13. The van der Waals surface area contributed by atoms with Gasteiger partial charge in [-0.1, -0.05) is 47.3 Å². The van der Waals surface area contributed by atoms with Gasteiger partial charge in [-0.05, 0) is 53.5 Å². The molecule has 0 aliphatic carbocycles. The number of esters is 2. The average molecular weight is 634 g/mol. The number of hydrogen-bond donors (Lipinski definition) is 4. The van der Waals surface area contributed by atoms with Crippen molar-refractivity contribution < 1.29 is 48.1 Å². The van der Waals surface area contributed by atoms with Gasteiger partial charge in [0, 0.05) is 23.0 Å². The van der Waals surface area contributed by atoms with Crippen LogP contribution in [0.25, 0.3) is 11.1 Å². The molecule has 3 aromatic rings. The van der Waals surface area contributed by atoms with Crippen LogP contribution < -0.4 is 10.6 Å². The maximum atomic E-state index is 14.3. The van der Waals surface area contributed by atoms with E-state index in [1.54, 1.807) is 24.3 Å². The quantitative estimate of drug-likeness (QED) is 0.0935. The van der Waals surface area contributed by atoms with Gasteiger partial charge in [-0.15, -0.1) is 5.10 Å². The van der Waals surface area contributed by atoms with Crippen LogP contribution in [0.3, 0.4) is 0 Å². The Balaban J connectivity index is 1.66. The van der Waals surface area contributed by atoms with E-state index in [1.165, 1.54) is 25.1 Å². The molecule has 0 saturated heterocycles. The molecule has 2 amide bonds. The highest BCUT2D eigenvalue weighted by atomic mass is 35.5. The fourth-order valence-corrected chi connectivity index (χ4v) is 4.06. The van der Waals surface area contributed by atoms with Crippen LogP contribution in [0.5, 0.6) is 0 Å². The van der Waals surface area contributed by atoms with Crippen LogP contribution in [0.1, 0.15) is 29.4 Å². The lowest BCUT2D eigenvalue weighted by Crippen LogP contribution is -2.43. The van der Waals surface area contributed by atoms with Crippen molar-refractivity contribution in [1.29, 1.82) is 0 Å². The Labute approximate surface area is 255 Å². The van der Waals surface area contributed by atoms with Gasteiger partial charge in [0.05, 0.1) is 13.3 Å². The summed E-state index contributed by atoms with van der Waals surface area (Å²) >= 11 is 6.00. The zero-order chi connectivity index (χ0) is 32.4. The van der Waals surface area contributed by atoms with Gasteiger partial charge in [0.1, 0.15) is 5.82 Å². The third kappa shape index (κ3) is 9.50. The lowest BCUT2D eigenvalue weighted by molar-refractivity contribution is -0.174.